The summed E-state index contributed by atoms with van der Waals surface area (Å²) >= 11 is 17.6. The molecule has 12 heteroatoms. The average Bonchev–Trinajstić information content (AvgIpc) is 2.60. The van der Waals surface area contributed by atoms with E-state index in [0.29, 0.717) is 0 Å². The van der Waals surface area contributed by atoms with Crippen molar-refractivity contribution in [1.29, 1.82) is 0 Å². The smallest absolute Gasteiger partial charge is 0.282 e. The summed E-state index contributed by atoms with van der Waals surface area (Å²) in [5, 5.41) is 26.9. The number of nitrogens with one attached hydrogen (secondary N) is 2. The van der Waals surface area contributed by atoms with Crippen LogP contribution in [0.15, 0.2) is 48.5 Å². The third kappa shape index (κ3) is 5.43. The maximum atomic E-state index is 12.5. The highest BCUT2D eigenvalue weighted by Gasteiger charge is 2.35. The first kappa shape index (κ1) is 20.7. The van der Waals surface area contributed by atoms with E-state index in [0.717, 1.165) is 6.07 Å². The number of anilines is 1. The lowest BCUT2D eigenvalue weighted by Crippen LogP contribution is -2.49. The second-order valence-electron chi connectivity index (χ2n) is 5.17. The fraction of sp³-hybridized carbons (Fsp3) is 0.133. The molecule has 9 nitrogen and oxygen atoms in total. The van der Waals surface area contributed by atoms with Crippen molar-refractivity contribution in [3.8, 4) is 0 Å². The molecule has 0 unspecified atom stereocenters. The fourth-order valence-corrected chi connectivity index (χ4v) is 2.44. The molecule has 0 radical (unpaired) electrons. The number of benzene rings is 2. The molecule has 0 aliphatic heterocycles. The summed E-state index contributed by atoms with van der Waals surface area (Å²) in [4.78, 5) is 33.1. The van der Waals surface area contributed by atoms with Gasteiger partial charge in [-0.3, -0.25) is 25.0 Å². The molecule has 1 amide bonds. The number of amides is 1. The molecule has 0 spiro atoms. The van der Waals surface area contributed by atoms with E-state index in [1.807, 2.05) is 0 Å². The van der Waals surface area contributed by atoms with Gasteiger partial charge in [-0.2, -0.15) is 0 Å². The Morgan fingerprint density at radius 2 is 1.67 bits per heavy atom. The van der Waals surface area contributed by atoms with E-state index in [4.69, 9.17) is 34.8 Å². The lowest BCUT2D eigenvalue weighted by Gasteiger charge is -2.27. The average molecular weight is 434 g/mol. The number of rotatable bonds is 6. The zero-order valence-electron chi connectivity index (χ0n) is 13.3. The number of nitrogens with zero attached hydrogens (tertiary/aromatic N) is 2. The zero-order valence-corrected chi connectivity index (χ0v) is 15.5. The number of carbonyl (C=O) groups excluding carboxylic acids is 1. The van der Waals surface area contributed by atoms with E-state index >= 15 is 0 Å². The van der Waals surface area contributed by atoms with Crippen molar-refractivity contribution in [1.82, 2.24) is 5.32 Å². The van der Waals surface area contributed by atoms with Crippen LogP contribution in [-0.4, -0.2) is 25.7 Å². The van der Waals surface area contributed by atoms with Gasteiger partial charge in [-0.05, 0) is 12.1 Å². The molecule has 0 saturated carbocycles. The normalized spacial score (nSPS) is 12.1. The first-order valence-corrected chi connectivity index (χ1v) is 8.35. The number of nitro benzene ring substituents is 2. The van der Waals surface area contributed by atoms with Crippen LogP contribution in [0.5, 0.6) is 0 Å². The molecule has 0 saturated heterocycles. The van der Waals surface area contributed by atoms with Gasteiger partial charge in [0.2, 0.25) is 3.79 Å². The number of carbonyl (C=O) groups is 1. The minimum atomic E-state index is -2.07. The number of nitro groups is 2. The van der Waals surface area contributed by atoms with Gasteiger partial charge in [-0.25, -0.2) is 0 Å². The molecule has 27 heavy (non-hydrogen) atoms. The molecule has 2 rings (SSSR count). The Labute approximate surface area is 167 Å². The van der Waals surface area contributed by atoms with Crippen molar-refractivity contribution in [3.63, 3.8) is 0 Å². The van der Waals surface area contributed by atoms with E-state index in [2.05, 4.69) is 10.6 Å². The third-order valence-corrected chi connectivity index (χ3v) is 3.97. The van der Waals surface area contributed by atoms with Crippen molar-refractivity contribution in [2.75, 3.05) is 5.32 Å². The quantitative estimate of drug-likeness (QED) is 0.306. The number of alkyl halides is 3. The highest BCUT2D eigenvalue weighted by Crippen LogP contribution is 2.32. The van der Waals surface area contributed by atoms with Gasteiger partial charge in [-0.1, -0.05) is 53.0 Å². The zero-order chi connectivity index (χ0) is 20.2. The molecular formula is C15H11Cl3N4O5. The first-order valence-electron chi connectivity index (χ1n) is 7.21. The van der Waals surface area contributed by atoms with Crippen molar-refractivity contribution in [2.45, 2.75) is 9.96 Å². The molecular weight excluding hydrogens is 423 g/mol. The maximum absolute atomic E-state index is 12.5. The summed E-state index contributed by atoms with van der Waals surface area (Å²) in [5.74, 6) is -0.864. The number of halogens is 3. The van der Waals surface area contributed by atoms with Crippen LogP contribution in [0.3, 0.4) is 0 Å². The van der Waals surface area contributed by atoms with Gasteiger partial charge in [0.05, 0.1) is 9.85 Å². The van der Waals surface area contributed by atoms with Gasteiger partial charge in [-0.15, -0.1) is 0 Å². The van der Waals surface area contributed by atoms with E-state index in [1.54, 1.807) is 0 Å². The molecule has 0 aliphatic carbocycles. The van der Waals surface area contributed by atoms with Gasteiger partial charge in [0.25, 0.3) is 17.3 Å². The lowest BCUT2D eigenvalue weighted by atomic mass is 10.1. The van der Waals surface area contributed by atoms with Crippen LogP contribution in [0.25, 0.3) is 0 Å². The highest BCUT2D eigenvalue weighted by atomic mass is 35.6. The minimum absolute atomic E-state index is 0.198. The monoisotopic (exact) mass is 432 g/mol. The maximum Gasteiger partial charge on any atom is 0.282 e. The van der Waals surface area contributed by atoms with Crippen LogP contribution < -0.4 is 10.6 Å². The highest BCUT2D eigenvalue weighted by molar-refractivity contribution is 6.68. The summed E-state index contributed by atoms with van der Waals surface area (Å²) < 4.78 is -2.07. The van der Waals surface area contributed by atoms with E-state index in [1.165, 1.54) is 42.5 Å². The van der Waals surface area contributed by atoms with E-state index in [9.17, 15) is 25.0 Å². The van der Waals surface area contributed by atoms with Crippen LogP contribution in [0.2, 0.25) is 0 Å². The first-order chi connectivity index (χ1) is 12.6. The van der Waals surface area contributed by atoms with Gasteiger partial charge in [0, 0.05) is 23.9 Å². The van der Waals surface area contributed by atoms with E-state index < -0.39 is 31.4 Å². The summed E-state index contributed by atoms with van der Waals surface area (Å²) in [6, 6.07) is 10.6. The molecule has 2 aromatic rings. The van der Waals surface area contributed by atoms with Crippen LogP contribution in [-0.2, 0) is 0 Å². The Hall–Kier alpha value is -2.62. The van der Waals surface area contributed by atoms with Gasteiger partial charge < -0.3 is 10.6 Å². The number of hydrogen-bond acceptors (Lipinski definition) is 6. The Bertz CT molecular complexity index is 888. The number of para-hydroxylation sites is 1. The summed E-state index contributed by atoms with van der Waals surface area (Å²) in [5.41, 5.74) is -0.674. The molecule has 142 valence electrons. The second-order valence-corrected chi connectivity index (χ2v) is 7.54. The van der Waals surface area contributed by atoms with Crippen LogP contribution in [0.4, 0.5) is 17.1 Å². The molecule has 0 heterocycles. The Balaban J connectivity index is 2.28. The molecule has 0 aliphatic rings. The standard InChI is InChI=1S/C15H11Cl3N4O5/c16-15(17,18)14(19-9-4-3-5-10(8-9)21(24)25)20-13(23)11-6-1-2-7-12(11)22(26)27/h1-8,14,19H,(H,20,23)/t14-/m1/s1. The fourth-order valence-electron chi connectivity index (χ4n) is 2.11. The largest absolute Gasteiger partial charge is 0.362 e. The Morgan fingerprint density at radius 1 is 1.00 bits per heavy atom. The molecule has 1 atom stereocenters. The van der Waals surface area contributed by atoms with E-state index in [-0.39, 0.29) is 16.9 Å². The van der Waals surface area contributed by atoms with Crippen LogP contribution in [0, 0.1) is 20.2 Å². The second kappa shape index (κ2) is 8.38. The minimum Gasteiger partial charge on any atom is -0.362 e. The SMILES string of the molecule is O=C(N[C@@H](Nc1cccc([N+](=O)[O-])c1)C(Cl)(Cl)Cl)c1ccccc1[N+](=O)[O-]. The predicted molar refractivity (Wildman–Crippen MR) is 101 cm³/mol. The topological polar surface area (TPSA) is 127 Å². The third-order valence-electron chi connectivity index (χ3n) is 3.32. The lowest BCUT2D eigenvalue weighted by molar-refractivity contribution is -0.385. The predicted octanol–water partition coefficient (Wildman–Crippen LogP) is 4.04. The summed E-state index contributed by atoms with van der Waals surface area (Å²) in [6.45, 7) is 0. The van der Waals surface area contributed by atoms with Gasteiger partial charge >= 0.3 is 0 Å². The van der Waals surface area contributed by atoms with Crippen molar-refractivity contribution in [2.24, 2.45) is 0 Å². The number of hydrogen-bond donors (Lipinski definition) is 2. The molecule has 2 aromatic carbocycles. The summed E-state index contributed by atoms with van der Waals surface area (Å²) in [6.07, 6.45) is -1.34. The molecule has 2 N–H and O–H groups in total. The van der Waals surface area contributed by atoms with Gasteiger partial charge in [0.1, 0.15) is 11.7 Å². The molecule has 0 aromatic heterocycles. The van der Waals surface area contributed by atoms with Crippen molar-refractivity contribution >= 4 is 57.8 Å². The molecule has 0 bridgehead atoms. The number of non-ortho nitro benzene ring substituents is 1. The Morgan fingerprint density at radius 3 is 2.26 bits per heavy atom. The summed E-state index contributed by atoms with van der Waals surface area (Å²) in [7, 11) is 0. The van der Waals surface area contributed by atoms with Gasteiger partial charge in [0.15, 0.2) is 0 Å². The van der Waals surface area contributed by atoms with Crippen molar-refractivity contribution in [3.05, 3.63) is 74.3 Å². The molecule has 0 fully saturated rings. The Kier molecular flexibility index (Phi) is 6.42. The van der Waals surface area contributed by atoms with Crippen LogP contribution >= 0.6 is 34.8 Å². The van der Waals surface area contributed by atoms with Crippen LogP contribution in [0.1, 0.15) is 10.4 Å². The van der Waals surface area contributed by atoms with Crippen molar-refractivity contribution < 1.29 is 14.6 Å².